The summed E-state index contributed by atoms with van der Waals surface area (Å²) in [6, 6.07) is 7.54. The quantitative estimate of drug-likeness (QED) is 0.385. The minimum Gasteiger partial charge on any atom is -0.496 e. The van der Waals surface area contributed by atoms with Gasteiger partial charge in [0.1, 0.15) is 11.4 Å². The zero-order valence-electron chi connectivity index (χ0n) is 19.7. The summed E-state index contributed by atoms with van der Waals surface area (Å²) < 4.78 is 5.56. The fourth-order valence-corrected chi connectivity index (χ4v) is 5.05. The van der Waals surface area contributed by atoms with Crippen molar-refractivity contribution in [3.8, 4) is 5.75 Å². The number of carbonyl (C=O) groups excluding carboxylic acids is 2. The lowest BCUT2D eigenvalue weighted by atomic mass is 9.91. The molecule has 1 aromatic rings. The van der Waals surface area contributed by atoms with Gasteiger partial charge in [-0.1, -0.05) is 71.1 Å². The van der Waals surface area contributed by atoms with E-state index in [1.165, 1.54) is 24.2 Å². The minimum atomic E-state index is -0.177. The lowest BCUT2D eigenvalue weighted by Crippen LogP contribution is -2.42. The Hall–Kier alpha value is -2.30. The smallest absolute Gasteiger partial charge is 0.277 e. The highest BCUT2D eigenvalue weighted by Crippen LogP contribution is 2.38. The number of carbonyl (C=O) groups is 2. The Bertz CT molecular complexity index is 807. The molecule has 5 heteroatoms. The van der Waals surface area contributed by atoms with Crippen LogP contribution in [0.4, 0.5) is 0 Å². The normalized spacial score (nSPS) is 21.9. The standard InChI is InChI=1S/C26H38N2O3/c1-5-6-7-8-9-12-15-28-25(29)23(21-13-10-11-14-22(21)31-4)24(26(28)30)27-17-19(2)16-20(3)18-27/h10-11,13-14,19-20H,5-9,12,15-18H2,1-4H3. The summed E-state index contributed by atoms with van der Waals surface area (Å²) in [7, 11) is 1.61. The second-order valence-corrected chi connectivity index (χ2v) is 9.30. The molecule has 0 aromatic heterocycles. The fraction of sp³-hybridized carbons (Fsp3) is 0.615. The van der Waals surface area contributed by atoms with Gasteiger partial charge in [0.05, 0.1) is 12.7 Å². The van der Waals surface area contributed by atoms with Crippen LogP contribution in [0.3, 0.4) is 0 Å². The molecule has 0 spiro atoms. The van der Waals surface area contributed by atoms with E-state index in [-0.39, 0.29) is 11.8 Å². The summed E-state index contributed by atoms with van der Waals surface area (Å²) in [6.45, 7) is 8.76. The largest absolute Gasteiger partial charge is 0.496 e. The van der Waals surface area contributed by atoms with Crippen molar-refractivity contribution in [1.82, 2.24) is 9.80 Å². The predicted octanol–water partition coefficient (Wildman–Crippen LogP) is 5.11. The van der Waals surface area contributed by atoms with Crippen molar-refractivity contribution in [2.45, 2.75) is 65.7 Å². The molecule has 0 bridgehead atoms. The number of likely N-dealkylation sites (tertiary alicyclic amines) is 1. The molecular weight excluding hydrogens is 388 g/mol. The van der Waals surface area contributed by atoms with E-state index in [4.69, 9.17) is 4.74 Å². The third-order valence-electron chi connectivity index (χ3n) is 6.44. The van der Waals surface area contributed by atoms with Crippen LogP contribution in [0.25, 0.3) is 5.57 Å². The number of amides is 2. The molecule has 0 aliphatic carbocycles. The Labute approximate surface area is 187 Å². The van der Waals surface area contributed by atoms with E-state index in [9.17, 15) is 9.59 Å². The van der Waals surface area contributed by atoms with E-state index >= 15 is 0 Å². The number of hydrogen-bond donors (Lipinski definition) is 0. The van der Waals surface area contributed by atoms with Crippen LogP contribution in [0.5, 0.6) is 5.75 Å². The van der Waals surface area contributed by atoms with Crippen LogP contribution in [-0.2, 0) is 9.59 Å². The van der Waals surface area contributed by atoms with Gasteiger partial charge in [0.2, 0.25) is 0 Å². The fourth-order valence-electron chi connectivity index (χ4n) is 5.05. The molecule has 3 rings (SSSR count). The molecule has 2 heterocycles. The SMILES string of the molecule is CCCCCCCCN1C(=O)C(c2ccccc2OC)=C(N2CC(C)CC(C)C2)C1=O. The molecule has 0 radical (unpaired) electrons. The van der Waals surface area contributed by atoms with Gasteiger partial charge >= 0.3 is 0 Å². The number of ether oxygens (including phenoxy) is 1. The first-order chi connectivity index (χ1) is 15.0. The van der Waals surface area contributed by atoms with Gasteiger partial charge in [-0.2, -0.15) is 0 Å². The van der Waals surface area contributed by atoms with Crippen molar-refractivity contribution in [1.29, 1.82) is 0 Å². The van der Waals surface area contributed by atoms with Crippen LogP contribution in [0.2, 0.25) is 0 Å². The first-order valence-electron chi connectivity index (χ1n) is 12.0. The number of hydrogen-bond acceptors (Lipinski definition) is 4. The molecule has 2 aliphatic rings. The van der Waals surface area contributed by atoms with Gasteiger partial charge in [-0.15, -0.1) is 0 Å². The highest BCUT2D eigenvalue weighted by atomic mass is 16.5. The van der Waals surface area contributed by atoms with Gasteiger partial charge in [-0.25, -0.2) is 0 Å². The maximum absolute atomic E-state index is 13.5. The first kappa shape index (κ1) is 23.4. The molecule has 2 aliphatic heterocycles. The second-order valence-electron chi connectivity index (χ2n) is 9.30. The van der Waals surface area contributed by atoms with Gasteiger partial charge in [0.15, 0.2) is 0 Å². The summed E-state index contributed by atoms with van der Waals surface area (Å²) in [5.41, 5.74) is 1.79. The zero-order valence-corrected chi connectivity index (χ0v) is 19.7. The van der Waals surface area contributed by atoms with Gasteiger partial charge in [0.25, 0.3) is 11.8 Å². The number of imide groups is 1. The highest BCUT2D eigenvalue weighted by Gasteiger charge is 2.43. The van der Waals surface area contributed by atoms with Crippen molar-refractivity contribution in [3.63, 3.8) is 0 Å². The van der Waals surface area contributed by atoms with Crippen LogP contribution >= 0.6 is 0 Å². The van der Waals surface area contributed by atoms with Gasteiger partial charge < -0.3 is 9.64 Å². The summed E-state index contributed by atoms with van der Waals surface area (Å²) >= 11 is 0. The Morgan fingerprint density at radius 1 is 0.935 bits per heavy atom. The molecule has 1 fully saturated rings. The van der Waals surface area contributed by atoms with Gasteiger partial charge in [-0.3, -0.25) is 14.5 Å². The number of nitrogens with zero attached hydrogens (tertiary/aromatic N) is 2. The van der Waals surface area contributed by atoms with Gasteiger partial charge in [0, 0.05) is 25.2 Å². The molecule has 5 nitrogen and oxygen atoms in total. The summed E-state index contributed by atoms with van der Waals surface area (Å²) in [4.78, 5) is 30.7. The van der Waals surface area contributed by atoms with Crippen molar-refractivity contribution < 1.29 is 14.3 Å². The van der Waals surface area contributed by atoms with Crippen molar-refractivity contribution in [2.75, 3.05) is 26.7 Å². The van der Waals surface area contributed by atoms with Crippen LogP contribution in [0.15, 0.2) is 30.0 Å². The van der Waals surface area contributed by atoms with Gasteiger partial charge in [-0.05, 0) is 30.7 Å². The Kier molecular flexibility index (Phi) is 8.16. The Morgan fingerprint density at radius 2 is 1.58 bits per heavy atom. The molecule has 2 atom stereocenters. The van der Waals surface area contributed by atoms with Crippen molar-refractivity contribution in [2.24, 2.45) is 11.8 Å². The van der Waals surface area contributed by atoms with E-state index in [0.29, 0.717) is 35.4 Å². The number of unbranched alkanes of at least 4 members (excludes halogenated alkanes) is 5. The molecule has 2 unspecified atom stereocenters. The molecule has 31 heavy (non-hydrogen) atoms. The van der Waals surface area contributed by atoms with Crippen molar-refractivity contribution in [3.05, 3.63) is 35.5 Å². The number of piperidine rings is 1. The summed E-state index contributed by atoms with van der Waals surface area (Å²) in [5.74, 6) is 1.30. The van der Waals surface area contributed by atoms with E-state index < -0.39 is 0 Å². The number of para-hydroxylation sites is 1. The summed E-state index contributed by atoms with van der Waals surface area (Å²) in [6.07, 6.45) is 7.90. The topological polar surface area (TPSA) is 49.9 Å². The highest BCUT2D eigenvalue weighted by molar-refractivity contribution is 6.36. The van der Waals surface area contributed by atoms with Crippen LogP contribution in [0, 0.1) is 11.8 Å². The van der Waals surface area contributed by atoms with E-state index in [1.54, 1.807) is 7.11 Å². The minimum absolute atomic E-state index is 0.138. The van der Waals surface area contributed by atoms with Crippen LogP contribution in [-0.4, -0.2) is 48.4 Å². The lowest BCUT2D eigenvalue weighted by Gasteiger charge is -2.37. The maximum atomic E-state index is 13.5. The molecule has 1 aromatic carbocycles. The average Bonchev–Trinajstić information content (AvgIpc) is 2.99. The molecule has 0 saturated carbocycles. The zero-order chi connectivity index (χ0) is 22.4. The van der Waals surface area contributed by atoms with Crippen molar-refractivity contribution >= 4 is 17.4 Å². The number of methoxy groups -OCH3 is 1. The third-order valence-corrected chi connectivity index (χ3v) is 6.44. The second kappa shape index (κ2) is 10.8. The Morgan fingerprint density at radius 3 is 2.26 bits per heavy atom. The monoisotopic (exact) mass is 426 g/mol. The van der Waals surface area contributed by atoms with E-state index in [2.05, 4.69) is 25.7 Å². The van der Waals surface area contributed by atoms with Crippen LogP contribution in [0.1, 0.15) is 71.3 Å². The lowest BCUT2D eigenvalue weighted by molar-refractivity contribution is -0.137. The maximum Gasteiger partial charge on any atom is 0.277 e. The molecule has 2 amide bonds. The molecule has 1 saturated heterocycles. The predicted molar refractivity (Wildman–Crippen MR) is 125 cm³/mol. The number of benzene rings is 1. The average molecular weight is 427 g/mol. The number of rotatable bonds is 10. The van der Waals surface area contributed by atoms with E-state index in [0.717, 1.165) is 44.3 Å². The summed E-state index contributed by atoms with van der Waals surface area (Å²) in [5, 5.41) is 0. The molecular formula is C26H38N2O3. The molecule has 0 N–H and O–H groups in total. The molecule has 170 valence electrons. The Balaban J connectivity index is 1.88. The van der Waals surface area contributed by atoms with Crippen LogP contribution < -0.4 is 4.74 Å². The third kappa shape index (κ3) is 5.31. The van der Waals surface area contributed by atoms with E-state index in [1.807, 2.05) is 24.3 Å². The first-order valence-corrected chi connectivity index (χ1v) is 12.0.